The van der Waals surface area contributed by atoms with Gasteiger partial charge in [0.2, 0.25) is 0 Å². The molecule has 1 aromatic carbocycles. The Labute approximate surface area is 186 Å². The molecular weight excluding hydrogens is 444 g/mol. The van der Waals surface area contributed by atoms with Gasteiger partial charge >= 0.3 is 5.97 Å². The Kier molecular flexibility index (Phi) is 6.51. The van der Waals surface area contributed by atoms with Crippen molar-refractivity contribution < 1.29 is 13.9 Å². The van der Waals surface area contributed by atoms with Crippen molar-refractivity contribution in [2.45, 2.75) is 25.2 Å². The number of halogens is 1. The van der Waals surface area contributed by atoms with Gasteiger partial charge in [0.25, 0.3) is 0 Å². The molecule has 10 heteroatoms. The van der Waals surface area contributed by atoms with Crippen LogP contribution in [0.2, 0.25) is 5.02 Å². The maximum absolute atomic E-state index is 12.2. The lowest BCUT2D eigenvalue weighted by atomic mass is 10.2. The molecule has 0 saturated heterocycles. The molecule has 0 N–H and O–H groups in total. The number of thioether (sulfide) groups is 1. The summed E-state index contributed by atoms with van der Waals surface area (Å²) in [6, 6.07) is 11.1. The Morgan fingerprint density at radius 1 is 1.27 bits per heavy atom. The highest BCUT2D eigenvalue weighted by atomic mass is 35.5. The van der Waals surface area contributed by atoms with Crippen molar-refractivity contribution in [1.82, 2.24) is 19.7 Å². The number of hydrogen-bond donors (Lipinski definition) is 0. The lowest BCUT2D eigenvalue weighted by molar-refractivity contribution is -0.141. The molecule has 0 bridgehead atoms. The SMILES string of the molecule is CCn1c(SCC(=O)OCc2csc(-c3ccccc3Cl)n2)nnc1-c1ccco1. The van der Waals surface area contributed by atoms with Crippen molar-refractivity contribution in [3.63, 3.8) is 0 Å². The fraction of sp³-hybridized carbons (Fsp3) is 0.200. The van der Waals surface area contributed by atoms with Crippen LogP contribution in [0.3, 0.4) is 0 Å². The molecular formula is C20H17ClN4O3S2. The van der Waals surface area contributed by atoms with Crippen molar-refractivity contribution in [1.29, 1.82) is 0 Å². The minimum Gasteiger partial charge on any atom is -0.461 e. The van der Waals surface area contributed by atoms with Crippen LogP contribution in [0, 0.1) is 0 Å². The average Bonchev–Trinajstić information content (AvgIpc) is 3.51. The summed E-state index contributed by atoms with van der Waals surface area (Å²) in [6.45, 7) is 2.75. The van der Waals surface area contributed by atoms with Gasteiger partial charge in [-0.1, -0.05) is 41.6 Å². The van der Waals surface area contributed by atoms with Gasteiger partial charge in [0.15, 0.2) is 16.7 Å². The molecule has 0 aliphatic carbocycles. The largest absolute Gasteiger partial charge is 0.461 e. The van der Waals surface area contributed by atoms with Gasteiger partial charge in [0, 0.05) is 17.5 Å². The molecule has 0 aliphatic heterocycles. The summed E-state index contributed by atoms with van der Waals surface area (Å²) in [6.07, 6.45) is 1.59. The zero-order valence-corrected chi connectivity index (χ0v) is 18.3. The van der Waals surface area contributed by atoms with Crippen LogP contribution < -0.4 is 0 Å². The molecule has 4 rings (SSSR count). The number of ether oxygens (including phenoxy) is 1. The summed E-state index contributed by atoms with van der Waals surface area (Å²) in [5.41, 5.74) is 1.55. The van der Waals surface area contributed by atoms with E-state index in [0.29, 0.717) is 34.0 Å². The van der Waals surface area contributed by atoms with E-state index in [0.717, 1.165) is 10.6 Å². The van der Waals surface area contributed by atoms with Crippen molar-refractivity contribution in [3.8, 4) is 22.2 Å². The smallest absolute Gasteiger partial charge is 0.316 e. The van der Waals surface area contributed by atoms with Crippen LogP contribution >= 0.6 is 34.7 Å². The van der Waals surface area contributed by atoms with Gasteiger partial charge in [-0.25, -0.2) is 4.98 Å². The third-order valence-electron chi connectivity index (χ3n) is 4.13. The van der Waals surface area contributed by atoms with E-state index in [1.807, 2.05) is 47.2 Å². The predicted octanol–water partition coefficient (Wildman–Crippen LogP) is 5.17. The third-order valence-corrected chi connectivity index (χ3v) is 6.33. The average molecular weight is 461 g/mol. The molecule has 30 heavy (non-hydrogen) atoms. The highest BCUT2D eigenvalue weighted by Gasteiger charge is 2.17. The van der Waals surface area contributed by atoms with Crippen molar-refractivity contribution >= 4 is 40.7 Å². The van der Waals surface area contributed by atoms with E-state index in [4.69, 9.17) is 20.8 Å². The van der Waals surface area contributed by atoms with Gasteiger partial charge in [-0.05, 0) is 25.1 Å². The first-order chi connectivity index (χ1) is 14.7. The van der Waals surface area contributed by atoms with Crippen LogP contribution in [-0.4, -0.2) is 31.5 Å². The van der Waals surface area contributed by atoms with Crippen molar-refractivity contribution in [2.24, 2.45) is 0 Å². The third kappa shape index (κ3) is 4.58. The Morgan fingerprint density at radius 2 is 2.13 bits per heavy atom. The Balaban J connectivity index is 1.33. The second-order valence-electron chi connectivity index (χ2n) is 6.10. The first kappa shape index (κ1) is 20.6. The van der Waals surface area contributed by atoms with Crippen molar-refractivity contribution in [2.75, 3.05) is 5.75 Å². The van der Waals surface area contributed by atoms with E-state index in [2.05, 4.69) is 15.2 Å². The molecule has 154 valence electrons. The molecule has 4 aromatic rings. The lowest BCUT2D eigenvalue weighted by Crippen LogP contribution is -2.09. The minimum atomic E-state index is -0.350. The number of thiazole rings is 1. The highest BCUT2D eigenvalue weighted by molar-refractivity contribution is 7.99. The number of carbonyl (C=O) groups is 1. The van der Waals surface area contributed by atoms with E-state index in [9.17, 15) is 4.79 Å². The van der Waals surface area contributed by atoms with Gasteiger partial charge in [0.05, 0.1) is 22.7 Å². The summed E-state index contributed by atoms with van der Waals surface area (Å²) >= 11 is 8.95. The first-order valence-electron chi connectivity index (χ1n) is 9.10. The normalized spacial score (nSPS) is 11.0. The van der Waals surface area contributed by atoms with Gasteiger partial charge in [-0.15, -0.1) is 21.5 Å². The van der Waals surface area contributed by atoms with Crippen LogP contribution in [0.25, 0.3) is 22.2 Å². The Hall–Kier alpha value is -2.62. The van der Waals surface area contributed by atoms with Crippen molar-refractivity contribution in [3.05, 3.63) is 58.8 Å². The van der Waals surface area contributed by atoms with Gasteiger partial charge in [-0.3, -0.25) is 9.36 Å². The molecule has 0 atom stereocenters. The number of benzene rings is 1. The van der Waals surface area contributed by atoms with Crippen LogP contribution in [0.5, 0.6) is 0 Å². The molecule has 3 heterocycles. The monoisotopic (exact) mass is 460 g/mol. The molecule has 0 amide bonds. The number of furan rings is 1. The number of aromatic nitrogens is 4. The summed E-state index contributed by atoms with van der Waals surface area (Å²) in [7, 11) is 0. The second-order valence-corrected chi connectivity index (χ2v) is 8.31. The van der Waals surface area contributed by atoms with Gasteiger partial charge in [-0.2, -0.15) is 0 Å². The molecule has 7 nitrogen and oxygen atoms in total. The number of carbonyl (C=O) groups excluding carboxylic acids is 1. The molecule has 0 unspecified atom stereocenters. The van der Waals surface area contributed by atoms with Crippen LogP contribution in [0.4, 0.5) is 0 Å². The van der Waals surface area contributed by atoms with Gasteiger partial charge in [0.1, 0.15) is 11.6 Å². The topological polar surface area (TPSA) is 83.0 Å². The lowest BCUT2D eigenvalue weighted by Gasteiger charge is -2.06. The number of nitrogens with zero attached hydrogens (tertiary/aromatic N) is 4. The van der Waals surface area contributed by atoms with E-state index in [1.165, 1.54) is 23.1 Å². The Bertz CT molecular complexity index is 1140. The molecule has 0 aliphatic rings. The summed E-state index contributed by atoms with van der Waals surface area (Å²) in [4.78, 5) is 16.7. The van der Waals surface area contributed by atoms with Crippen LogP contribution in [-0.2, 0) is 22.7 Å². The first-order valence-corrected chi connectivity index (χ1v) is 11.3. The number of rotatable bonds is 8. The second kappa shape index (κ2) is 9.46. The minimum absolute atomic E-state index is 0.110. The fourth-order valence-electron chi connectivity index (χ4n) is 2.72. The summed E-state index contributed by atoms with van der Waals surface area (Å²) in [5.74, 6) is 1.04. The van der Waals surface area contributed by atoms with E-state index in [-0.39, 0.29) is 18.3 Å². The summed E-state index contributed by atoms with van der Waals surface area (Å²) < 4.78 is 12.6. The predicted molar refractivity (Wildman–Crippen MR) is 116 cm³/mol. The zero-order valence-electron chi connectivity index (χ0n) is 15.9. The quantitative estimate of drug-likeness (QED) is 0.265. The highest BCUT2D eigenvalue weighted by Crippen LogP contribution is 2.30. The molecule has 0 spiro atoms. The van der Waals surface area contributed by atoms with E-state index in [1.54, 1.807) is 12.3 Å². The number of esters is 1. The Morgan fingerprint density at radius 3 is 2.90 bits per heavy atom. The van der Waals surface area contributed by atoms with E-state index >= 15 is 0 Å². The zero-order chi connectivity index (χ0) is 20.9. The molecule has 0 radical (unpaired) electrons. The fourth-order valence-corrected chi connectivity index (χ4v) is 4.64. The van der Waals surface area contributed by atoms with Gasteiger partial charge < -0.3 is 9.15 Å². The van der Waals surface area contributed by atoms with Crippen LogP contribution in [0.1, 0.15) is 12.6 Å². The maximum atomic E-state index is 12.2. The molecule has 0 saturated carbocycles. The summed E-state index contributed by atoms with van der Waals surface area (Å²) in [5, 5.41) is 12.3. The maximum Gasteiger partial charge on any atom is 0.316 e. The van der Waals surface area contributed by atoms with E-state index < -0.39 is 0 Å². The molecule has 3 aromatic heterocycles. The standard InChI is InChI=1S/C20H17ClN4O3S2/c1-2-25-18(16-8-5-9-27-16)23-24-20(25)30-12-17(26)28-10-13-11-29-19(22-13)14-6-3-4-7-15(14)21/h3-9,11H,2,10,12H2,1H3. The van der Waals surface area contributed by atoms with Crippen LogP contribution in [0.15, 0.2) is 57.6 Å². The number of hydrogen-bond acceptors (Lipinski definition) is 8. The molecule has 0 fully saturated rings.